The summed E-state index contributed by atoms with van der Waals surface area (Å²) in [6.45, 7) is 3.88. The van der Waals surface area contributed by atoms with Gasteiger partial charge in [0, 0.05) is 41.9 Å². The van der Waals surface area contributed by atoms with Gasteiger partial charge in [0.1, 0.15) is 0 Å². The summed E-state index contributed by atoms with van der Waals surface area (Å²) in [5, 5.41) is 3.65. The molecular weight excluding hydrogens is 329 g/mol. The number of halogens is 2. The maximum atomic E-state index is 12.2. The molecule has 0 atom stereocenters. The molecule has 0 spiro atoms. The smallest absolute Gasteiger partial charge is 0.409 e. The fraction of sp³-hybridized carbons (Fsp3) is 0.429. The van der Waals surface area contributed by atoms with Crippen molar-refractivity contribution in [1.29, 1.82) is 0 Å². The van der Waals surface area contributed by atoms with Gasteiger partial charge in [-0.25, -0.2) is 9.59 Å². The topological polar surface area (TPSA) is 61.9 Å². The number of nitrogens with zero attached hydrogens (tertiary/aromatic N) is 2. The Bertz CT molecular complexity index is 540. The zero-order valence-electron chi connectivity index (χ0n) is 12.1. The Morgan fingerprint density at radius 2 is 1.64 bits per heavy atom. The quantitative estimate of drug-likeness (QED) is 0.894. The number of ether oxygens (including phenoxy) is 1. The Morgan fingerprint density at radius 1 is 1.09 bits per heavy atom. The molecule has 1 aliphatic rings. The Labute approximate surface area is 138 Å². The van der Waals surface area contributed by atoms with Gasteiger partial charge in [-0.2, -0.15) is 0 Å². The molecule has 1 heterocycles. The molecule has 3 amide bonds. The van der Waals surface area contributed by atoms with Crippen molar-refractivity contribution in [1.82, 2.24) is 9.80 Å². The van der Waals surface area contributed by atoms with Crippen molar-refractivity contribution in [3.05, 3.63) is 28.2 Å². The van der Waals surface area contributed by atoms with Crippen LogP contribution < -0.4 is 5.32 Å². The molecule has 0 bridgehead atoms. The van der Waals surface area contributed by atoms with Gasteiger partial charge in [-0.1, -0.05) is 23.2 Å². The highest BCUT2D eigenvalue weighted by molar-refractivity contribution is 6.35. The van der Waals surface area contributed by atoms with Crippen molar-refractivity contribution in [2.45, 2.75) is 6.92 Å². The SMILES string of the molecule is CCOC(=O)N1CCN(C(=O)Nc2cc(Cl)cc(Cl)c2)CC1. The van der Waals surface area contributed by atoms with Gasteiger partial charge in [0.15, 0.2) is 0 Å². The fourth-order valence-electron chi connectivity index (χ4n) is 2.14. The van der Waals surface area contributed by atoms with Gasteiger partial charge in [-0.3, -0.25) is 0 Å². The van der Waals surface area contributed by atoms with Crippen molar-refractivity contribution in [3.8, 4) is 0 Å². The first-order valence-corrected chi connectivity index (χ1v) is 7.69. The predicted molar refractivity (Wildman–Crippen MR) is 85.6 cm³/mol. The Morgan fingerprint density at radius 3 is 2.18 bits per heavy atom. The minimum atomic E-state index is -0.343. The normalized spacial score (nSPS) is 14.7. The van der Waals surface area contributed by atoms with Crippen LogP contribution in [0.1, 0.15) is 6.92 Å². The molecule has 2 rings (SSSR count). The lowest BCUT2D eigenvalue weighted by molar-refractivity contribution is 0.0868. The van der Waals surface area contributed by atoms with E-state index in [1.54, 1.807) is 34.9 Å². The van der Waals surface area contributed by atoms with Crippen LogP contribution >= 0.6 is 23.2 Å². The molecule has 22 heavy (non-hydrogen) atoms. The van der Waals surface area contributed by atoms with Crippen molar-refractivity contribution in [2.75, 3.05) is 38.1 Å². The number of carbonyl (C=O) groups excluding carboxylic acids is 2. The second-order valence-corrected chi connectivity index (χ2v) is 5.63. The zero-order chi connectivity index (χ0) is 16.1. The van der Waals surface area contributed by atoms with Crippen LogP contribution in [0, 0.1) is 0 Å². The summed E-state index contributed by atoms with van der Waals surface area (Å²) in [6.07, 6.45) is -0.343. The lowest BCUT2D eigenvalue weighted by Crippen LogP contribution is -2.51. The summed E-state index contributed by atoms with van der Waals surface area (Å²) >= 11 is 11.8. The molecule has 120 valence electrons. The molecule has 1 aliphatic heterocycles. The third-order valence-corrected chi connectivity index (χ3v) is 3.64. The van der Waals surface area contributed by atoms with Gasteiger partial charge in [0.2, 0.25) is 0 Å². The number of rotatable bonds is 2. The van der Waals surface area contributed by atoms with E-state index in [2.05, 4.69) is 5.32 Å². The third kappa shape index (κ3) is 4.42. The number of urea groups is 1. The highest BCUT2D eigenvalue weighted by atomic mass is 35.5. The van der Waals surface area contributed by atoms with Crippen LogP contribution in [0.3, 0.4) is 0 Å². The van der Waals surface area contributed by atoms with Crippen molar-refractivity contribution < 1.29 is 14.3 Å². The molecule has 1 aromatic carbocycles. The van der Waals surface area contributed by atoms with Gasteiger partial charge in [-0.05, 0) is 25.1 Å². The zero-order valence-corrected chi connectivity index (χ0v) is 13.7. The van der Waals surface area contributed by atoms with Gasteiger partial charge in [0.25, 0.3) is 0 Å². The molecule has 1 N–H and O–H groups in total. The second-order valence-electron chi connectivity index (χ2n) is 4.76. The van der Waals surface area contributed by atoms with E-state index in [9.17, 15) is 9.59 Å². The van der Waals surface area contributed by atoms with Gasteiger partial charge < -0.3 is 19.9 Å². The number of nitrogens with one attached hydrogen (secondary N) is 1. The fourth-order valence-corrected chi connectivity index (χ4v) is 2.66. The maximum Gasteiger partial charge on any atom is 0.409 e. The highest BCUT2D eigenvalue weighted by Crippen LogP contribution is 2.22. The first kappa shape index (κ1) is 16.7. The molecule has 1 aromatic rings. The monoisotopic (exact) mass is 345 g/mol. The van der Waals surface area contributed by atoms with E-state index < -0.39 is 0 Å². The second kappa shape index (κ2) is 7.56. The van der Waals surface area contributed by atoms with Crippen LogP contribution in [0.2, 0.25) is 10.0 Å². The van der Waals surface area contributed by atoms with Crippen LogP contribution in [0.5, 0.6) is 0 Å². The first-order chi connectivity index (χ1) is 10.5. The maximum absolute atomic E-state index is 12.2. The summed E-state index contributed by atoms with van der Waals surface area (Å²) in [5.41, 5.74) is 0.537. The third-order valence-electron chi connectivity index (χ3n) is 3.21. The lowest BCUT2D eigenvalue weighted by atomic mass is 10.3. The van der Waals surface area contributed by atoms with Crippen LogP contribution in [-0.4, -0.2) is 54.7 Å². The van der Waals surface area contributed by atoms with Crippen molar-refractivity contribution in [2.24, 2.45) is 0 Å². The van der Waals surface area contributed by atoms with E-state index in [4.69, 9.17) is 27.9 Å². The standard InChI is InChI=1S/C14H17Cl2N3O3/c1-2-22-14(21)19-5-3-18(4-6-19)13(20)17-12-8-10(15)7-11(16)9-12/h7-9H,2-6H2,1H3,(H,17,20). The molecule has 8 heteroatoms. The number of piperazine rings is 1. The molecular formula is C14H17Cl2N3O3. The summed E-state index contributed by atoms with van der Waals surface area (Å²) in [7, 11) is 0. The molecule has 0 radical (unpaired) electrons. The molecule has 0 aromatic heterocycles. The van der Waals surface area contributed by atoms with E-state index in [0.717, 1.165) is 0 Å². The van der Waals surface area contributed by atoms with Crippen LogP contribution in [0.15, 0.2) is 18.2 Å². The Balaban J connectivity index is 1.88. The largest absolute Gasteiger partial charge is 0.450 e. The van der Waals surface area contributed by atoms with E-state index in [0.29, 0.717) is 48.5 Å². The van der Waals surface area contributed by atoms with Crippen LogP contribution in [0.25, 0.3) is 0 Å². The molecule has 0 saturated carbocycles. The van der Waals surface area contributed by atoms with Crippen LogP contribution in [-0.2, 0) is 4.74 Å². The van der Waals surface area contributed by atoms with E-state index in [-0.39, 0.29) is 12.1 Å². The summed E-state index contributed by atoms with van der Waals surface area (Å²) in [4.78, 5) is 27.0. The number of amides is 3. The molecule has 0 unspecified atom stereocenters. The average Bonchev–Trinajstić information content (AvgIpc) is 2.46. The Hall–Kier alpha value is -1.66. The minimum absolute atomic E-state index is 0.248. The molecule has 1 saturated heterocycles. The van der Waals surface area contributed by atoms with Gasteiger partial charge in [0.05, 0.1) is 6.61 Å². The number of hydrogen-bond donors (Lipinski definition) is 1. The summed E-state index contributed by atoms with van der Waals surface area (Å²) in [6, 6.07) is 4.60. The van der Waals surface area contributed by atoms with E-state index in [1.165, 1.54) is 0 Å². The number of benzene rings is 1. The van der Waals surface area contributed by atoms with Gasteiger partial charge >= 0.3 is 12.1 Å². The lowest BCUT2D eigenvalue weighted by Gasteiger charge is -2.34. The predicted octanol–water partition coefficient (Wildman–Crippen LogP) is 3.30. The average molecular weight is 346 g/mol. The summed E-state index contributed by atoms with van der Waals surface area (Å²) < 4.78 is 4.94. The van der Waals surface area contributed by atoms with Crippen molar-refractivity contribution in [3.63, 3.8) is 0 Å². The van der Waals surface area contributed by atoms with E-state index >= 15 is 0 Å². The number of carbonyl (C=O) groups is 2. The Kier molecular flexibility index (Phi) is 5.74. The molecule has 6 nitrogen and oxygen atoms in total. The first-order valence-electron chi connectivity index (χ1n) is 6.93. The van der Waals surface area contributed by atoms with E-state index in [1.807, 2.05) is 0 Å². The van der Waals surface area contributed by atoms with Crippen LogP contribution in [0.4, 0.5) is 15.3 Å². The molecule has 1 fully saturated rings. The number of hydrogen-bond acceptors (Lipinski definition) is 3. The minimum Gasteiger partial charge on any atom is -0.450 e. The van der Waals surface area contributed by atoms with Gasteiger partial charge in [-0.15, -0.1) is 0 Å². The molecule has 0 aliphatic carbocycles. The number of anilines is 1. The highest BCUT2D eigenvalue weighted by Gasteiger charge is 2.24. The summed E-state index contributed by atoms with van der Waals surface area (Å²) in [5.74, 6) is 0. The van der Waals surface area contributed by atoms with Crippen molar-refractivity contribution >= 4 is 41.0 Å².